The Bertz CT molecular complexity index is 480. The molecule has 0 aliphatic carbocycles. The first-order valence-electron chi connectivity index (χ1n) is 7.44. The molecule has 5 heteroatoms. The van der Waals surface area contributed by atoms with Crippen LogP contribution >= 0.6 is 12.4 Å². The van der Waals surface area contributed by atoms with Crippen LogP contribution in [0.5, 0.6) is 0 Å². The van der Waals surface area contributed by atoms with E-state index in [4.69, 9.17) is 0 Å². The van der Waals surface area contributed by atoms with Crippen LogP contribution in [0.4, 0.5) is 4.39 Å². The van der Waals surface area contributed by atoms with Crippen molar-refractivity contribution in [3.63, 3.8) is 0 Å². The Morgan fingerprint density at radius 1 is 1.14 bits per heavy atom. The van der Waals surface area contributed by atoms with Crippen molar-refractivity contribution in [1.29, 1.82) is 0 Å². The predicted molar refractivity (Wildman–Crippen MR) is 82.8 cm³/mol. The number of hydrogen-bond donors (Lipinski definition) is 1. The van der Waals surface area contributed by atoms with Gasteiger partial charge >= 0.3 is 0 Å². The quantitative estimate of drug-likeness (QED) is 0.910. The summed E-state index contributed by atoms with van der Waals surface area (Å²) in [6, 6.07) is 6.47. The average Bonchev–Trinajstić information content (AvgIpc) is 2.47. The summed E-state index contributed by atoms with van der Waals surface area (Å²) in [6.07, 6.45) is 4.00. The molecule has 2 heterocycles. The van der Waals surface area contributed by atoms with Crippen LogP contribution in [0.25, 0.3) is 0 Å². The zero-order valence-corrected chi connectivity index (χ0v) is 12.9. The number of amides is 1. The average molecular weight is 313 g/mol. The van der Waals surface area contributed by atoms with Crippen LogP contribution in [0.3, 0.4) is 0 Å². The highest BCUT2D eigenvalue weighted by molar-refractivity contribution is 5.85. The predicted octanol–water partition coefficient (Wildman–Crippen LogP) is 2.74. The van der Waals surface area contributed by atoms with Crippen LogP contribution in [0.15, 0.2) is 24.3 Å². The van der Waals surface area contributed by atoms with Crippen molar-refractivity contribution < 1.29 is 9.18 Å². The molecule has 2 aliphatic rings. The molecule has 1 amide bonds. The molecule has 1 N–H and O–H groups in total. The molecule has 2 saturated heterocycles. The van der Waals surface area contributed by atoms with Crippen molar-refractivity contribution in [1.82, 2.24) is 10.2 Å². The van der Waals surface area contributed by atoms with E-state index < -0.39 is 0 Å². The van der Waals surface area contributed by atoms with E-state index in [0.717, 1.165) is 50.9 Å². The Kier molecular flexibility index (Phi) is 5.22. The maximum Gasteiger partial charge on any atom is 0.229 e. The summed E-state index contributed by atoms with van der Waals surface area (Å²) in [5.74, 6) is 0.0723. The lowest BCUT2D eigenvalue weighted by molar-refractivity contribution is -0.149. The molecule has 0 radical (unpaired) electrons. The van der Waals surface area contributed by atoms with Gasteiger partial charge in [-0.25, -0.2) is 4.39 Å². The van der Waals surface area contributed by atoms with E-state index in [0.29, 0.717) is 12.5 Å². The zero-order chi connectivity index (χ0) is 14.0. The standard InChI is InChI=1S/C16H21FN2O.ClH/c17-14-4-2-13(3-5-14)12-19-11-1-6-16(15(19)20)7-9-18-10-8-16;/h2-5,18H,1,6-12H2;1H. The Morgan fingerprint density at radius 3 is 2.48 bits per heavy atom. The highest BCUT2D eigenvalue weighted by Crippen LogP contribution is 2.39. The van der Waals surface area contributed by atoms with Crippen LogP contribution in [0.2, 0.25) is 0 Å². The van der Waals surface area contributed by atoms with Gasteiger partial charge in [0.05, 0.1) is 5.41 Å². The third-order valence-corrected chi connectivity index (χ3v) is 4.67. The number of hydrogen-bond acceptors (Lipinski definition) is 2. The van der Waals surface area contributed by atoms with E-state index in [-0.39, 0.29) is 23.6 Å². The number of benzene rings is 1. The Hall–Kier alpha value is -1.13. The molecule has 2 fully saturated rings. The molecule has 3 nitrogen and oxygen atoms in total. The highest BCUT2D eigenvalue weighted by Gasteiger charge is 2.44. The van der Waals surface area contributed by atoms with E-state index in [9.17, 15) is 9.18 Å². The summed E-state index contributed by atoms with van der Waals surface area (Å²) in [6.45, 7) is 3.31. The zero-order valence-electron chi connectivity index (χ0n) is 12.1. The van der Waals surface area contributed by atoms with Gasteiger partial charge in [-0.15, -0.1) is 12.4 Å². The van der Waals surface area contributed by atoms with Gasteiger partial charge < -0.3 is 10.2 Å². The van der Waals surface area contributed by atoms with Gasteiger partial charge in [0.15, 0.2) is 0 Å². The molecular formula is C16H22ClFN2O. The Labute approximate surface area is 131 Å². The Balaban J connectivity index is 0.00000161. The lowest BCUT2D eigenvalue weighted by Crippen LogP contribution is -2.52. The smallest absolute Gasteiger partial charge is 0.229 e. The van der Waals surface area contributed by atoms with Crippen molar-refractivity contribution >= 4 is 18.3 Å². The van der Waals surface area contributed by atoms with Gasteiger partial charge in [0.1, 0.15) is 5.82 Å². The second-order valence-corrected chi connectivity index (χ2v) is 5.99. The first-order valence-corrected chi connectivity index (χ1v) is 7.44. The monoisotopic (exact) mass is 312 g/mol. The number of rotatable bonds is 2. The number of likely N-dealkylation sites (tertiary alicyclic amines) is 1. The second-order valence-electron chi connectivity index (χ2n) is 5.99. The minimum atomic E-state index is -0.228. The maximum absolute atomic E-state index is 12.9. The van der Waals surface area contributed by atoms with Crippen LogP contribution < -0.4 is 5.32 Å². The first-order chi connectivity index (χ1) is 9.70. The van der Waals surface area contributed by atoms with Gasteiger partial charge in [0.25, 0.3) is 0 Å². The lowest BCUT2D eigenvalue weighted by atomic mass is 9.72. The van der Waals surface area contributed by atoms with E-state index in [2.05, 4.69) is 5.32 Å². The van der Waals surface area contributed by atoms with Gasteiger partial charge in [-0.2, -0.15) is 0 Å². The summed E-state index contributed by atoms with van der Waals surface area (Å²) < 4.78 is 12.9. The number of piperidine rings is 2. The Morgan fingerprint density at radius 2 is 1.81 bits per heavy atom. The fraction of sp³-hybridized carbons (Fsp3) is 0.562. The summed E-state index contributed by atoms with van der Waals surface area (Å²) in [7, 11) is 0. The highest BCUT2D eigenvalue weighted by atomic mass is 35.5. The van der Waals surface area contributed by atoms with Crippen LogP contribution in [0.1, 0.15) is 31.2 Å². The molecule has 0 saturated carbocycles. The molecule has 1 spiro atoms. The van der Waals surface area contributed by atoms with E-state index >= 15 is 0 Å². The summed E-state index contributed by atoms with van der Waals surface area (Å²) in [5.41, 5.74) is 0.870. The molecule has 1 aromatic rings. The van der Waals surface area contributed by atoms with Crippen molar-refractivity contribution in [2.24, 2.45) is 5.41 Å². The SMILES string of the molecule is Cl.O=C1N(Cc2ccc(F)cc2)CCCC12CCNCC2. The molecule has 0 bridgehead atoms. The third-order valence-electron chi connectivity index (χ3n) is 4.67. The molecule has 3 rings (SSSR count). The van der Waals surface area contributed by atoms with Gasteiger partial charge in [-0.3, -0.25) is 4.79 Å². The molecule has 0 aromatic heterocycles. The minimum absolute atomic E-state index is 0. The van der Waals surface area contributed by atoms with Gasteiger partial charge in [-0.05, 0) is 56.5 Å². The number of nitrogens with zero attached hydrogens (tertiary/aromatic N) is 1. The van der Waals surface area contributed by atoms with Gasteiger partial charge in [0, 0.05) is 13.1 Å². The number of carbonyl (C=O) groups is 1. The van der Waals surface area contributed by atoms with Gasteiger partial charge in [0.2, 0.25) is 5.91 Å². The minimum Gasteiger partial charge on any atom is -0.338 e. The number of carbonyl (C=O) groups excluding carboxylic acids is 1. The molecule has 0 unspecified atom stereocenters. The van der Waals surface area contributed by atoms with E-state index in [1.807, 2.05) is 4.90 Å². The van der Waals surface area contributed by atoms with Crippen molar-refractivity contribution in [3.8, 4) is 0 Å². The first kappa shape index (κ1) is 16.2. The van der Waals surface area contributed by atoms with Crippen LogP contribution in [-0.4, -0.2) is 30.4 Å². The normalized spacial score (nSPS) is 21.2. The molecule has 0 atom stereocenters. The largest absolute Gasteiger partial charge is 0.338 e. The topological polar surface area (TPSA) is 32.3 Å². The molecular weight excluding hydrogens is 291 g/mol. The van der Waals surface area contributed by atoms with E-state index in [1.54, 1.807) is 12.1 Å². The lowest BCUT2D eigenvalue weighted by Gasteiger charge is -2.44. The fourth-order valence-electron chi connectivity index (χ4n) is 3.48. The molecule has 2 aliphatic heterocycles. The number of halogens is 2. The van der Waals surface area contributed by atoms with Crippen molar-refractivity contribution in [2.75, 3.05) is 19.6 Å². The maximum atomic E-state index is 12.9. The second kappa shape index (κ2) is 6.75. The summed E-state index contributed by atoms with van der Waals surface area (Å²) >= 11 is 0. The van der Waals surface area contributed by atoms with Crippen LogP contribution in [0, 0.1) is 11.2 Å². The third kappa shape index (κ3) is 3.38. The van der Waals surface area contributed by atoms with Gasteiger partial charge in [-0.1, -0.05) is 12.1 Å². The molecule has 21 heavy (non-hydrogen) atoms. The van der Waals surface area contributed by atoms with Crippen molar-refractivity contribution in [3.05, 3.63) is 35.6 Å². The molecule has 1 aromatic carbocycles. The van der Waals surface area contributed by atoms with Crippen molar-refractivity contribution in [2.45, 2.75) is 32.2 Å². The fourth-order valence-corrected chi connectivity index (χ4v) is 3.48. The van der Waals surface area contributed by atoms with Crippen LogP contribution in [-0.2, 0) is 11.3 Å². The molecule has 116 valence electrons. The van der Waals surface area contributed by atoms with E-state index in [1.165, 1.54) is 12.1 Å². The summed E-state index contributed by atoms with van der Waals surface area (Å²) in [4.78, 5) is 14.8. The number of nitrogens with one attached hydrogen (secondary N) is 1. The summed E-state index contributed by atoms with van der Waals surface area (Å²) in [5, 5.41) is 3.34.